The van der Waals surface area contributed by atoms with E-state index < -0.39 is 80.9 Å². The number of carbonyl (C=O) groups is 3. The summed E-state index contributed by atoms with van der Waals surface area (Å²) in [6, 6.07) is 7.81. The lowest BCUT2D eigenvalue weighted by atomic mass is 9.75. The highest BCUT2D eigenvalue weighted by Crippen LogP contribution is 2.50. The van der Waals surface area contributed by atoms with Crippen LogP contribution in [0, 0.1) is 5.41 Å². The number of benzene rings is 2. The molecule has 1 unspecified atom stereocenters. The van der Waals surface area contributed by atoms with Crippen molar-refractivity contribution in [3.05, 3.63) is 95.3 Å². The summed E-state index contributed by atoms with van der Waals surface area (Å²) < 4.78 is 151. The monoisotopic (exact) mass is 1250 g/mol. The standard InChI is InChI=1S/C59H81N3O20S3/c1-43-42-59(22-26-77-32-34-79-30-28-75-6,23-27-78-33-35-80-31-29-76-7)61(25-13-37-84(69,70)71)50-41-51-47(40-46(43)50)44(38-53(81-51)57(2,3)4)14-9-8-10-15-52-58(5,21-11-16-56(65)82-62-54(63)19-20-55(62)64)48-39-45(85(72,73)74)17-18-49(48)60(52)24-12-36-83(66,67)68/h8-10,14-15,17-18,38-42H,11-13,16,19-37H2,1-7H3,(H2-,66,67,68,69,70,71,72,73,74)/p-2. The molecule has 4 aliphatic rings. The third-order valence-corrected chi connectivity index (χ3v) is 17.3. The van der Waals surface area contributed by atoms with E-state index in [1.54, 1.807) is 50.0 Å². The predicted octanol–water partition coefficient (Wildman–Crippen LogP) is 6.22. The maximum Gasteiger partial charge on any atom is 0.333 e. The molecule has 4 heterocycles. The van der Waals surface area contributed by atoms with E-state index in [2.05, 4.69) is 11.0 Å². The van der Waals surface area contributed by atoms with E-state index >= 15 is 0 Å². The normalized spacial score (nSPS) is 18.6. The van der Waals surface area contributed by atoms with Gasteiger partial charge in [-0.25, -0.2) is 30.0 Å². The number of fused-ring (bicyclic) bond motifs is 3. The summed E-state index contributed by atoms with van der Waals surface area (Å²) in [4.78, 5) is 44.0. The zero-order chi connectivity index (χ0) is 62.2. The molecule has 0 aromatic heterocycles. The van der Waals surface area contributed by atoms with Gasteiger partial charge in [-0.1, -0.05) is 51.2 Å². The first-order valence-electron chi connectivity index (χ1n) is 28.2. The van der Waals surface area contributed by atoms with Crippen LogP contribution in [0.5, 0.6) is 5.75 Å². The van der Waals surface area contributed by atoms with Gasteiger partial charge in [0.15, 0.2) is 5.71 Å². The number of methoxy groups -OCH3 is 2. The average molecular weight is 1250 g/mol. The lowest BCUT2D eigenvalue weighted by Gasteiger charge is -2.48. The molecule has 0 saturated carbocycles. The number of hydroxylamine groups is 2. The number of anilines is 1. The first-order valence-corrected chi connectivity index (χ1v) is 32.8. The van der Waals surface area contributed by atoms with Crippen LogP contribution in [0.15, 0.2) is 83.5 Å². The number of nitrogens with zero attached hydrogens (tertiary/aromatic N) is 3. The molecular formula is C59H79N3O20S3-2. The molecular weight excluding hydrogens is 1170 g/mol. The van der Waals surface area contributed by atoms with Crippen molar-refractivity contribution >= 4 is 76.4 Å². The highest BCUT2D eigenvalue weighted by Gasteiger charge is 2.48. The van der Waals surface area contributed by atoms with Gasteiger partial charge in [0.05, 0.1) is 88.9 Å². The molecule has 2 aromatic rings. The van der Waals surface area contributed by atoms with Gasteiger partial charge in [0.2, 0.25) is 5.69 Å². The fourth-order valence-corrected chi connectivity index (χ4v) is 12.1. The minimum atomic E-state index is -4.96. The van der Waals surface area contributed by atoms with Gasteiger partial charge in [-0.15, -0.1) is 5.06 Å². The molecule has 2 amide bonds. The molecule has 1 fully saturated rings. The van der Waals surface area contributed by atoms with Crippen LogP contribution in [-0.2, 0) is 83.4 Å². The van der Waals surface area contributed by atoms with Gasteiger partial charge >= 0.3 is 5.97 Å². The molecule has 0 bridgehead atoms. The topological polar surface area (TPSA) is 306 Å². The van der Waals surface area contributed by atoms with Gasteiger partial charge in [0.25, 0.3) is 11.8 Å². The number of hydrogen-bond acceptors (Lipinski definition) is 21. The lowest BCUT2D eigenvalue weighted by molar-refractivity contribution is -0.437. The Morgan fingerprint density at radius 3 is 1.91 bits per heavy atom. The molecule has 0 spiro atoms. The molecule has 1 saturated heterocycles. The molecule has 26 heteroatoms. The third kappa shape index (κ3) is 19.3. The van der Waals surface area contributed by atoms with Gasteiger partial charge in [-0.2, -0.15) is 4.58 Å². The molecule has 23 nitrogen and oxygen atoms in total. The van der Waals surface area contributed by atoms with Crippen molar-refractivity contribution in [2.24, 2.45) is 5.41 Å². The maximum atomic E-state index is 13.0. The van der Waals surface area contributed by atoms with Crippen LogP contribution >= 0.6 is 0 Å². The van der Waals surface area contributed by atoms with Crippen molar-refractivity contribution in [1.82, 2.24) is 5.06 Å². The molecule has 1 atom stereocenters. The molecule has 0 aliphatic carbocycles. The van der Waals surface area contributed by atoms with Gasteiger partial charge < -0.3 is 56.6 Å². The minimum absolute atomic E-state index is 0.00830. The zero-order valence-electron chi connectivity index (χ0n) is 49.4. The van der Waals surface area contributed by atoms with Gasteiger partial charge in [0, 0.05) is 117 Å². The number of carbonyl (C=O) groups excluding carboxylic acids is 3. The van der Waals surface area contributed by atoms with Gasteiger partial charge in [-0.3, -0.25) is 9.59 Å². The van der Waals surface area contributed by atoms with Crippen LogP contribution < -0.4 is 9.64 Å². The minimum Gasteiger partial charge on any atom is -0.748 e. The van der Waals surface area contributed by atoms with E-state index in [1.807, 2.05) is 52.0 Å². The first-order chi connectivity index (χ1) is 40.1. The lowest BCUT2D eigenvalue weighted by Crippen LogP contribution is -2.52. The molecule has 85 heavy (non-hydrogen) atoms. The summed E-state index contributed by atoms with van der Waals surface area (Å²) in [7, 11) is -11.0. The summed E-state index contributed by atoms with van der Waals surface area (Å²) in [5, 5.41) is 0.446. The molecule has 4 aliphatic heterocycles. The van der Waals surface area contributed by atoms with E-state index in [0.29, 0.717) is 112 Å². The number of allylic oxidation sites excluding steroid dienone is 9. The third-order valence-electron chi connectivity index (χ3n) is 14.9. The molecule has 470 valence electrons. The van der Waals surface area contributed by atoms with E-state index in [-0.39, 0.29) is 58.0 Å². The largest absolute Gasteiger partial charge is 0.748 e. The number of rotatable bonds is 35. The SMILES string of the molecule is COCCOCCOCCC1(CCOCCOCCOC)C=C(C)c2cc3c(cc2N1CCCS(=O)(=O)[O-])OC(C(C)(C)C)=C\C3=C/C=C/C=C/C1=[N+](CCCS(=O)(=O)[O-])c2ccc(S(=O)(=O)[O-])cc2C1(C)CCCC(=O)ON1C(=O)CCC1=O. The highest BCUT2D eigenvalue weighted by atomic mass is 32.2. The van der Waals surface area contributed by atoms with Crippen molar-refractivity contribution in [1.29, 1.82) is 0 Å². The van der Waals surface area contributed by atoms with Crippen LogP contribution in [0.3, 0.4) is 0 Å². The number of amides is 2. The van der Waals surface area contributed by atoms with Gasteiger partial charge in [-0.05, 0) is 81.4 Å². The highest BCUT2D eigenvalue weighted by molar-refractivity contribution is 7.86. The summed E-state index contributed by atoms with van der Waals surface area (Å²) in [6.45, 7) is 13.7. The van der Waals surface area contributed by atoms with Crippen LogP contribution in [0.1, 0.15) is 109 Å². The Balaban J connectivity index is 1.38. The van der Waals surface area contributed by atoms with E-state index in [9.17, 15) is 53.3 Å². The second kappa shape index (κ2) is 30.4. The van der Waals surface area contributed by atoms with E-state index in [1.165, 1.54) is 12.1 Å². The van der Waals surface area contributed by atoms with Crippen LogP contribution in [0.2, 0.25) is 0 Å². The summed E-state index contributed by atoms with van der Waals surface area (Å²) in [5.41, 5.74) is 2.96. The predicted molar refractivity (Wildman–Crippen MR) is 312 cm³/mol. The van der Waals surface area contributed by atoms with Crippen LogP contribution in [0.4, 0.5) is 11.4 Å². The second-order valence-corrected chi connectivity index (χ2v) is 26.7. The second-order valence-electron chi connectivity index (χ2n) is 22.2. The van der Waals surface area contributed by atoms with Crippen molar-refractivity contribution in [3.63, 3.8) is 0 Å². The Morgan fingerprint density at radius 2 is 1.33 bits per heavy atom. The van der Waals surface area contributed by atoms with Crippen molar-refractivity contribution in [2.75, 3.05) is 110 Å². The number of hydrogen-bond donors (Lipinski definition) is 0. The summed E-state index contributed by atoms with van der Waals surface area (Å²) in [6.07, 6.45) is 13.6. The first kappa shape index (κ1) is 68.6. The van der Waals surface area contributed by atoms with E-state index in [0.717, 1.165) is 34.0 Å². The quantitative estimate of drug-likeness (QED) is 0.0243. The Kier molecular flexibility index (Phi) is 24.6. The van der Waals surface area contributed by atoms with E-state index in [4.69, 9.17) is 38.0 Å². The fraction of sp³-hybridized carbons (Fsp3) is 0.559. The van der Waals surface area contributed by atoms with Crippen LogP contribution in [-0.4, -0.2) is 182 Å². The molecule has 6 rings (SSSR count). The van der Waals surface area contributed by atoms with Crippen molar-refractivity contribution in [3.8, 4) is 5.75 Å². The van der Waals surface area contributed by atoms with Crippen molar-refractivity contribution in [2.45, 2.75) is 108 Å². The Bertz CT molecular complexity index is 3230. The van der Waals surface area contributed by atoms with Crippen molar-refractivity contribution < 1.29 is 95.9 Å². The molecule has 0 N–H and O–H groups in total. The molecule has 2 aromatic carbocycles. The fourth-order valence-electron chi connectivity index (χ4n) is 10.7. The molecule has 0 radical (unpaired) electrons. The van der Waals surface area contributed by atoms with Gasteiger partial charge in [0.1, 0.15) is 28.2 Å². The summed E-state index contributed by atoms with van der Waals surface area (Å²) >= 11 is 0. The summed E-state index contributed by atoms with van der Waals surface area (Å²) in [5.74, 6) is -2.27. The maximum absolute atomic E-state index is 13.0. The number of imide groups is 1. The Hall–Kier alpha value is -5.49. The zero-order valence-corrected chi connectivity index (χ0v) is 51.9. The Labute approximate surface area is 499 Å². The smallest absolute Gasteiger partial charge is 0.333 e. The average Bonchev–Trinajstić information content (AvgIpc) is 1.97. The number of ether oxygens (including phenoxy) is 7. The van der Waals surface area contributed by atoms with Crippen LogP contribution in [0.25, 0.3) is 11.1 Å². The Morgan fingerprint density at radius 1 is 0.741 bits per heavy atom.